The first-order valence-corrected chi connectivity index (χ1v) is 6.79. The zero-order valence-corrected chi connectivity index (χ0v) is 11.5. The van der Waals surface area contributed by atoms with Crippen LogP contribution in [0.2, 0.25) is 0 Å². The fourth-order valence-electron chi connectivity index (χ4n) is 1.80. The minimum atomic E-state index is -0.224. The number of alkyl halides is 1. The van der Waals surface area contributed by atoms with Crippen LogP contribution in [0.1, 0.15) is 24.9 Å². The molecule has 96 valence electrons. The third-order valence-corrected chi connectivity index (χ3v) is 3.14. The highest BCUT2D eigenvalue weighted by Crippen LogP contribution is 2.17. The van der Waals surface area contributed by atoms with E-state index in [0.29, 0.717) is 11.8 Å². The number of benzene rings is 1. The molecule has 18 heavy (non-hydrogen) atoms. The van der Waals surface area contributed by atoms with Gasteiger partial charge in [0.2, 0.25) is 5.91 Å². The number of aromatic amines is 2. The molecule has 5 nitrogen and oxygen atoms in total. The van der Waals surface area contributed by atoms with E-state index in [1.807, 2.05) is 25.1 Å². The minimum absolute atomic E-state index is 0.00188. The molecule has 0 saturated carbocycles. The molecule has 0 bridgehead atoms. The maximum atomic E-state index is 11.5. The van der Waals surface area contributed by atoms with E-state index in [1.165, 1.54) is 0 Å². The molecule has 6 heteroatoms. The molecule has 1 aromatic carbocycles. The van der Waals surface area contributed by atoms with E-state index < -0.39 is 0 Å². The van der Waals surface area contributed by atoms with Gasteiger partial charge in [-0.25, -0.2) is 4.79 Å². The summed E-state index contributed by atoms with van der Waals surface area (Å²) in [5, 5.41) is 3.55. The van der Waals surface area contributed by atoms with Gasteiger partial charge < -0.3 is 15.3 Å². The van der Waals surface area contributed by atoms with E-state index in [0.717, 1.165) is 16.6 Å². The van der Waals surface area contributed by atoms with Gasteiger partial charge in [-0.1, -0.05) is 22.0 Å². The van der Waals surface area contributed by atoms with Crippen molar-refractivity contribution >= 4 is 32.9 Å². The molecule has 1 heterocycles. The number of hydrogen-bond acceptors (Lipinski definition) is 2. The number of hydrogen-bond donors (Lipinski definition) is 3. The Hall–Kier alpha value is -1.56. The van der Waals surface area contributed by atoms with Gasteiger partial charge in [-0.15, -0.1) is 0 Å². The fraction of sp³-hybridized carbons (Fsp3) is 0.333. The molecule has 1 atom stereocenters. The molecule has 0 aliphatic heterocycles. The number of H-pyrrole nitrogens is 2. The molecule has 2 rings (SSSR count). The Morgan fingerprint density at radius 2 is 2.11 bits per heavy atom. The second-order valence-corrected chi connectivity index (χ2v) is 4.91. The maximum absolute atomic E-state index is 11.5. The van der Waals surface area contributed by atoms with Crippen LogP contribution in [0.4, 0.5) is 0 Å². The summed E-state index contributed by atoms with van der Waals surface area (Å²) >= 11 is 3.23. The maximum Gasteiger partial charge on any atom is 0.323 e. The van der Waals surface area contributed by atoms with E-state index in [9.17, 15) is 9.59 Å². The molecule has 0 aliphatic rings. The van der Waals surface area contributed by atoms with Gasteiger partial charge in [0.25, 0.3) is 0 Å². The lowest BCUT2D eigenvalue weighted by Gasteiger charge is -2.13. The van der Waals surface area contributed by atoms with Gasteiger partial charge in [0.1, 0.15) is 0 Å². The smallest absolute Gasteiger partial charge is 0.323 e. The molecule has 0 spiro atoms. The van der Waals surface area contributed by atoms with Crippen LogP contribution in [0.25, 0.3) is 11.0 Å². The SMILES string of the molecule is CC(NC(=O)CCBr)c1ccc2[nH]c(=O)[nH]c2c1. The third-order valence-electron chi connectivity index (χ3n) is 2.74. The largest absolute Gasteiger partial charge is 0.350 e. The number of aromatic nitrogens is 2. The second-order valence-electron chi connectivity index (χ2n) is 4.11. The van der Waals surface area contributed by atoms with Crippen LogP contribution < -0.4 is 11.0 Å². The van der Waals surface area contributed by atoms with Crippen LogP contribution in [-0.4, -0.2) is 21.2 Å². The standard InChI is InChI=1S/C12H14BrN3O2/c1-7(14-11(17)4-5-13)8-2-3-9-10(6-8)16-12(18)15-9/h2-3,6-7H,4-5H2,1H3,(H,14,17)(H2,15,16,18). The monoisotopic (exact) mass is 311 g/mol. The molecule has 3 N–H and O–H groups in total. The number of rotatable bonds is 4. The van der Waals surface area contributed by atoms with Gasteiger partial charge in [-0.3, -0.25) is 4.79 Å². The minimum Gasteiger partial charge on any atom is -0.350 e. The summed E-state index contributed by atoms with van der Waals surface area (Å²) in [6.45, 7) is 1.91. The summed E-state index contributed by atoms with van der Waals surface area (Å²) < 4.78 is 0. The summed E-state index contributed by atoms with van der Waals surface area (Å²) in [5.41, 5.74) is 2.25. The Morgan fingerprint density at radius 3 is 2.83 bits per heavy atom. The summed E-state index contributed by atoms with van der Waals surface area (Å²) in [6, 6.07) is 5.51. The first-order chi connectivity index (χ1) is 8.60. The number of carbonyl (C=O) groups is 1. The highest BCUT2D eigenvalue weighted by atomic mass is 79.9. The Balaban J connectivity index is 2.19. The van der Waals surface area contributed by atoms with Crippen molar-refractivity contribution in [2.24, 2.45) is 0 Å². The van der Waals surface area contributed by atoms with Crippen LogP contribution in [0.3, 0.4) is 0 Å². The number of amides is 1. The van der Waals surface area contributed by atoms with Crippen LogP contribution in [0.5, 0.6) is 0 Å². The molecule has 0 radical (unpaired) electrons. The van der Waals surface area contributed by atoms with Gasteiger partial charge in [0.15, 0.2) is 0 Å². The van der Waals surface area contributed by atoms with Gasteiger partial charge in [-0.05, 0) is 24.6 Å². The lowest BCUT2D eigenvalue weighted by molar-refractivity contribution is -0.121. The van der Waals surface area contributed by atoms with Crippen molar-refractivity contribution in [2.75, 3.05) is 5.33 Å². The number of nitrogens with one attached hydrogen (secondary N) is 3. The summed E-state index contributed by atoms with van der Waals surface area (Å²) in [4.78, 5) is 28.0. The molecular weight excluding hydrogens is 298 g/mol. The van der Waals surface area contributed by atoms with Crippen LogP contribution in [0.15, 0.2) is 23.0 Å². The molecule has 1 amide bonds. The molecule has 1 aromatic heterocycles. The van der Waals surface area contributed by atoms with E-state index in [-0.39, 0.29) is 17.6 Å². The Morgan fingerprint density at radius 1 is 1.39 bits per heavy atom. The molecule has 0 aliphatic carbocycles. The van der Waals surface area contributed by atoms with E-state index in [4.69, 9.17) is 0 Å². The molecule has 2 aromatic rings. The second kappa shape index (κ2) is 5.39. The molecular formula is C12H14BrN3O2. The zero-order valence-electron chi connectivity index (χ0n) is 9.92. The van der Waals surface area contributed by atoms with Crippen molar-refractivity contribution < 1.29 is 4.79 Å². The van der Waals surface area contributed by atoms with E-state index >= 15 is 0 Å². The number of fused-ring (bicyclic) bond motifs is 1. The first kappa shape index (κ1) is 12.9. The van der Waals surface area contributed by atoms with Gasteiger partial charge in [0, 0.05) is 11.8 Å². The Labute approximate surface area is 112 Å². The van der Waals surface area contributed by atoms with Crippen molar-refractivity contribution in [3.05, 3.63) is 34.2 Å². The zero-order chi connectivity index (χ0) is 13.1. The van der Waals surface area contributed by atoms with Crippen molar-refractivity contribution in [3.63, 3.8) is 0 Å². The lowest BCUT2D eigenvalue weighted by Crippen LogP contribution is -2.26. The van der Waals surface area contributed by atoms with Gasteiger partial charge in [-0.2, -0.15) is 0 Å². The normalized spacial score (nSPS) is 12.6. The van der Waals surface area contributed by atoms with Crippen molar-refractivity contribution in [2.45, 2.75) is 19.4 Å². The number of halogens is 1. The predicted octanol–water partition coefficient (Wildman–Crippen LogP) is 1.82. The summed E-state index contributed by atoms with van der Waals surface area (Å²) in [7, 11) is 0. The van der Waals surface area contributed by atoms with Crippen molar-refractivity contribution in [1.82, 2.24) is 15.3 Å². The number of imidazole rings is 1. The van der Waals surface area contributed by atoms with Gasteiger partial charge >= 0.3 is 5.69 Å². The lowest BCUT2D eigenvalue weighted by atomic mass is 10.1. The fourth-order valence-corrected chi connectivity index (χ4v) is 2.16. The molecule has 1 unspecified atom stereocenters. The Bertz CT molecular complexity index is 617. The third kappa shape index (κ3) is 2.81. The summed E-state index contributed by atoms with van der Waals surface area (Å²) in [6.07, 6.45) is 0.452. The number of carbonyl (C=O) groups excluding carboxylic acids is 1. The quantitative estimate of drug-likeness (QED) is 0.753. The van der Waals surface area contributed by atoms with Gasteiger partial charge in [0.05, 0.1) is 17.1 Å². The van der Waals surface area contributed by atoms with E-state index in [2.05, 4.69) is 31.2 Å². The van der Waals surface area contributed by atoms with Crippen LogP contribution in [-0.2, 0) is 4.79 Å². The average molecular weight is 312 g/mol. The highest BCUT2D eigenvalue weighted by molar-refractivity contribution is 9.09. The highest BCUT2D eigenvalue weighted by Gasteiger charge is 2.10. The summed E-state index contributed by atoms with van der Waals surface area (Å²) in [5.74, 6) is 0.00188. The average Bonchev–Trinajstić information content (AvgIpc) is 2.68. The molecule has 0 fully saturated rings. The van der Waals surface area contributed by atoms with Crippen LogP contribution in [0, 0.1) is 0 Å². The van der Waals surface area contributed by atoms with Crippen molar-refractivity contribution in [3.8, 4) is 0 Å². The first-order valence-electron chi connectivity index (χ1n) is 5.67. The molecule has 0 saturated heterocycles. The van der Waals surface area contributed by atoms with Crippen LogP contribution >= 0.6 is 15.9 Å². The van der Waals surface area contributed by atoms with Crippen molar-refractivity contribution in [1.29, 1.82) is 0 Å². The Kier molecular flexibility index (Phi) is 3.86. The predicted molar refractivity (Wildman–Crippen MR) is 73.9 cm³/mol. The van der Waals surface area contributed by atoms with E-state index in [1.54, 1.807) is 0 Å². The topological polar surface area (TPSA) is 77.8 Å².